The number of rotatable bonds is 3. The Kier molecular flexibility index (Phi) is 3.12. The fourth-order valence-corrected chi connectivity index (χ4v) is 2.30. The third-order valence-corrected chi connectivity index (χ3v) is 3.17. The van der Waals surface area contributed by atoms with Crippen LogP contribution in [-0.2, 0) is 0 Å². The van der Waals surface area contributed by atoms with Crippen LogP contribution >= 0.6 is 27.3 Å². The van der Waals surface area contributed by atoms with Gasteiger partial charge in [0.25, 0.3) is 5.69 Å². The van der Waals surface area contributed by atoms with Crippen molar-refractivity contribution < 1.29 is 9.72 Å². The second-order valence-electron chi connectivity index (χ2n) is 2.15. The molecule has 1 heterocycles. The van der Waals surface area contributed by atoms with Crippen LogP contribution in [0, 0.1) is 10.1 Å². The maximum Gasteiger partial charge on any atom is 0.295 e. The summed E-state index contributed by atoms with van der Waals surface area (Å²) in [7, 11) is 0. The van der Waals surface area contributed by atoms with Crippen LogP contribution in [0.25, 0.3) is 0 Å². The van der Waals surface area contributed by atoms with Crippen molar-refractivity contribution >= 4 is 38.7 Å². The second kappa shape index (κ2) is 3.95. The van der Waals surface area contributed by atoms with Gasteiger partial charge in [0.05, 0.1) is 16.3 Å². The van der Waals surface area contributed by atoms with Crippen molar-refractivity contribution in [2.45, 2.75) is 0 Å². The lowest BCUT2D eigenvalue weighted by atomic mass is 10.3. The highest BCUT2D eigenvalue weighted by Crippen LogP contribution is 2.34. The highest BCUT2D eigenvalue weighted by molar-refractivity contribution is 9.11. The molecular weight excluding hydrogens is 260 g/mol. The van der Waals surface area contributed by atoms with Crippen LogP contribution in [0.3, 0.4) is 0 Å². The molecule has 0 aliphatic carbocycles. The molecule has 0 unspecified atom stereocenters. The molecule has 0 saturated heterocycles. The van der Waals surface area contributed by atoms with Crippen LogP contribution < -0.4 is 5.73 Å². The summed E-state index contributed by atoms with van der Waals surface area (Å²) in [5.74, 6) is -0.293. The van der Waals surface area contributed by atoms with Crippen LogP contribution in [0.4, 0.5) is 5.69 Å². The normalized spacial score (nSPS) is 10.0. The van der Waals surface area contributed by atoms with Gasteiger partial charge in [0, 0.05) is 6.07 Å². The molecule has 0 spiro atoms. The maximum atomic E-state index is 11.0. The van der Waals surface area contributed by atoms with Crippen LogP contribution in [0.1, 0.15) is 9.67 Å². The van der Waals surface area contributed by atoms with Crippen molar-refractivity contribution in [1.82, 2.24) is 0 Å². The number of halogens is 1. The molecule has 1 rings (SSSR count). The monoisotopic (exact) mass is 264 g/mol. The van der Waals surface area contributed by atoms with Gasteiger partial charge in [0.2, 0.25) is 0 Å². The molecule has 1 aromatic heterocycles. The minimum atomic E-state index is -0.548. The summed E-state index contributed by atoms with van der Waals surface area (Å²) >= 11 is 4.02. The Bertz CT molecular complexity index is 363. The van der Waals surface area contributed by atoms with Crippen molar-refractivity contribution in [3.8, 4) is 0 Å². The molecule has 0 aliphatic rings. The predicted molar refractivity (Wildman–Crippen MR) is 52.1 cm³/mol. The number of thiophene rings is 1. The molecule has 5 nitrogen and oxygen atoms in total. The molecule has 0 atom stereocenters. The molecule has 13 heavy (non-hydrogen) atoms. The van der Waals surface area contributed by atoms with E-state index in [4.69, 9.17) is 5.73 Å². The van der Waals surface area contributed by atoms with Gasteiger partial charge in [0.1, 0.15) is 3.79 Å². The van der Waals surface area contributed by atoms with Gasteiger partial charge < -0.3 is 5.73 Å². The summed E-state index contributed by atoms with van der Waals surface area (Å²) in [6.07, 6.45) is 0. The van der Waals surface area contributed by atoms with Crippen molar-refractivity contribution in [3.05, 3.63) is 24.8 Å². The van der Waals surface area contributed by atoms with E-state index < -0.39 is 4.92 Å². The minimum absolute atomic E-state index is 0.0956. The number of Topliss-reactive ketones (excluding diaryl/α,β-unsaturated/α-hetero) is 1. The summed E-state index contributed by atoms with van der Waals surface area (Å²) < 4.78 is 0.342. The van der Waals surface area contributed by atoms with Gasteiger partial charge in [-0.25, -0.2) is 0 Å². The van der Waals surface area contributed by atoms with Gasteiger partial charge >= 0.3 is 0 Å². The van der Waals surface area contributed by atoms with E-state index in [1.807, 2.05) is 0 Å². The van der Waals surface area contributed by atoms with E-state index in [9.17, 15) is 14.9 Å². The van der Waals surface area contributed by atoms with Crippen molar-refractivity contribution in [3.63, 3.8) is 0 Å². The molecule has 0 amide bonds. The largest absolute Gasteiger partial charge is 0.324 e. The lowest BCUT2D eigenvalue weighted by Crippen LogP contribution is -2.11. The molecule has 2 N–H and O–H groups in total. The minimum Gasteiger partial charge on any atom is -0.324 e. The number of nitrogens with zero attached hydrogens (tertiary/aromatic N) is 1. The number of hydrogen-bond acceptors (Lipinski definition) is 5. The smallest absolute Gasteiger partial charge is 0.295 e. The van der Waals surface area contributed by atoms with Gasteiger partial charge in [-0.1, -0.05) is 0 Å². The number of nitrogens with two attached hydrogens (primary N) is 1. The topological polar surface area (TPSA) is 86.2 Å². The molecule has 1 aromatic rings. The standard InChI is InChI=1S/C6H5BrN2O3S/c7-6-3(9(11)12)1-5(13-6)4(10)2-8/h1H,2,8H2. The number of ketones is 1. The van der Waals surface area contributed by atoms with Crippen LogP contribution in [0.2, 0.25) is 0 Å². The molecule has 0 radical (unpaired) electrons. The number of nitro groups is 1. The third kappa shape index (κ3) is 2.11. The Labute approximate surface area is 85.8 Å². The molecule has 70 valence electrons. The quantitative estimate of drug-likeness (QED) is 0.510. The molecule has 0 fully saturated rings. The van der Waals surface area contributed by atoms with E-state index >= 15 is 0 Å². The Morgan fingerprint density at radius 3 is 2.77 bits per heavy atom. The summed E-state index contributed by atoms with van der Waals surface area (Å²) in [6.45, 7) is -0.135. The molecular formula is C6H5BrN2O3S. The molecule has 0 aliphatic heterocycles. The Morgan fingerprint density at radius 1 is 1.77 bits per heavy atom. The summed E-state index contributed by atoms with van der Waals surface area (Å²) in [4.78, 5) is 21.2. The first kappa shape index (κ1) is 10.3. The lowest BCUT2D eigenvalue weighted by molar-refractivity contribution is -0.385. The number of carbonyl (C=O) groups is 1. The first-order valence-electron chi connectivity index (χ1n) is 3.23. The third-order valence-electron chi connectivity index (χ3n) is 1.33. The van der Waals surface area contributed by atoms with E-state index in [1.54, 1.807) is 0 Å². The molecule has 7 heteroatoms. The lowest BCUT2D eigenvalue weighted by Gasteiger charge is -1.86. The van der Waals surface area contributed by atoms with Crippen LogP contribution in [0.5, 0.6) is 0 Å². The van der Waals surface area contributed by atoms with Gasteiger partial charge in [-0.15, -0.1) is 11.3 Å². The highest BCUT2D eigenvalue weighted by atomic mass is 79.9. The highest BCUT2D eigenvalue weighted by Gasteiger charge is 2.19. The zero-order chi connectivity index (χ0) is 10.0. The van der Waals surface area contributed by atoms with Gasteiger partial charge in [-0.2, -0.15) is 0 Å². The van der Waals surface area contributed by atoms with Crippen molar-refractivity contribution in [2.75, 3.05) is 6.54 Å². The molecule has 0 saturated carbocycles. The van der Waals surface area contributed by atoms with E-state index in [2.05, 4.69) is 15.9 Å². The summed E-state index contributed by atoms with van der Waals surface area (Å²) in [6, 6.07) is 1.23. The molecule has 0 aromatic carbocycles. The maximum absolute atomic E-state index is 11.0. The zero-order valence-electron chi connectivity index (χ0n) is 6.32. The number of carbonyl (C=O) groups excluding carboxylic acids is 1. The average Bonchev–Trinajstić information content (AvgIpc) is 2.46. The van der Waals surface area contributed by atoms with E-state index in [-0.39, 0.29) is 18.0 Å². The predicted octanol–water partition coefficient (Wildman–Crippen LogP) is 1.56. The Balaban J connectivity index is 3.09. The second-order valence-corrected chi connectivity index (χ2v) is 4.52. The van der Waals surface area contributed by atoms with E-state index in [0.717, 1.165) is 11.3 Å². The van der Waals surface area contributed by atoms with E-state index in [1.165, 1.54) is 6.07 Å². The van der Waals surface area contributed by atoms with Gasteiger partial charge in [0.15, 0.2) is 5.78 Å². The Hall–Kier alpha value is -0.790. The fourth-order valence-electron chi connectivity index (χ4n) is 0.722. The summed E-state index contributed by atoms with van der Waals surface area (Å²) in [5, 5.41) is 10.4. The van der Waals surface area contributed by atoms with Crippen molar-refractivity contribution in [2.24, 2.45) is 5.73 Å². The van der Waals surface area contributed by atoms with E-state index in [0.29, 0.717) is 8.66 Å². The van der Waals surface area contributed by atoms with Crippen LogP contribution in [0.15, 0.2) is 9.85 Å². The fraction of sp³-hybridized carbons (Fsp3) is 0.167. The summed E-state index contributed by atoms with van der Waals surface area (Å²) in [5.41, 5.74) is 5.02. The van der Waals surface area contributed by atoms with Gasteiger partial charge in [-0.3, -0.25) is 14.9 Å². The SMILES string of the molecule is NCC(=O)c1cc([N+](=O)[O-])c(Br)s1. The number of hydrogen-bond donors (Lipinski definition) is 1. The zero-order valence-corrected chi connectivity index (χ0v) is 8.72. The van der Waals surface area contributed by atoms with Gasteiger partial charge in [-0.05, 0) is 15.9 Å². The van der Waals surface area contributed by atoms with Crippen molar-refractivity contribution in [1.29, 1.82) is 0 Å². The average molecular weight is 265 g/mol. The first-order chi connectivity index (χ1) is 6.06. The Morgan fingerprint density at radius 2 is 2.38 bits per heavy atom. The van der Waals surface area contributed by atoms with Crippen LogP contribution in [-0.4, -0.2) is 17.3 Å². The first-order valence-corrected chi connectivity index (χ1v) is 4.84. The molecule has 0 bridgehead atoms.